The van der Waals surface area contributed by atoms with Crippen LogP contribution in [0.5, 0.6) is 0 Å². The summed E-state index contributed by atoms with van der Waals surface area (Å²) in [5, 5.41) is 18.1. The third kappa shape index (κ3) is 4.18. The lowest BCUT2D eigenvalue weighted by Crippen LogP contribution is -2.55. The third-order valence-corrected chi connectivity index (χ3v) is 4.61. The zero-order valence-corrected chi connectivity index (χ0v) is 13.1. The van der Waals surface area contributed by atoms with E-state index in [0.717, 1.165) is 19.3 Å². The van der Waals surface area contributed by atoms with Gasteiger partial charge in [0.05, 0.1) is 6.61 Å². The van der Waals surface area contributed by atoms with Gasteiger partial charge in [0.15, 0.2) is 0 Å². The Balaban J connectivity index is 1.89. The molecule has 0 aromatic carbocycles. The van der Waals surface area contributed by atoms with Gasteiger partial charge in [0.1, 0.15) is 0 Å². The molecule has 0 aromatic heterocycles. The Morgan fingerprint density at radius 1 is 0.909 bits per heavy atom. The Labute approximate surface area is 131 Å². The number of aliphatic hydroxyl groups is 2. The van der Waals surface area contributed by atoms with Gasteiger partial charge >= 0.3 is 11.8 Å². The van der Waals surface area contributed by atoms with E-state index in [2.05, 4.69) is 4.90 Å². The summed E-state index contributed by atoms with van der Waals surface area (Å²) in [7, 11) is 0. The van der Waals surface area contributed by atoms with Crippen LogP contribution in [0.4, 0.5) is 0 Å². The lowest BCUT2D eigenvalue weighted by Gasteiger charge is -2.38. The fraction of sp³-hybridized carbons (Fsp3) is 0.867. The van der Waals surface area contributed by atoms with Crippen LogP contribution in [0.25, 0.3) is 0 Å². The predicted molar refractivity (Wildman–Crippen MR) is 81.2 cm³/mol. The second kappa shape index (κ2) is 8.45. The van der Waals surface area contributed by atoms with Crippen molar-refractivity contribution < 1.29 is 19.8 Å². The van der Waals surface area contributed by atoms with Gasteiger partial charge in [-0.15, -0.1) is 0 Å². The molecule has 2 saturated heterocycles. The van der Waals surface area contributed by atoms with E-state index in [9.17, 15) is 9.59 Å². The maximum absolute atomic E-state index is 12.5. The Hall–Kier alpha value is -1.18. The summed E-state index contributed by atoms with van der Waals surface area (Å²) in [4.78, 5) is 30.3. The van der Waals surface area contributed by atoms with E-state index in [-0.39, 0.29) is 19.3 Å². The van der Waals surface area contributed by atoms with Crippen LogP contribution in [0.1, 0.15) is 25.7 Å². The summed E-state index contributed by atoms with van der Waals surface area (Å²) >= 11 is 0. The minimum atomic E-state index is -0.423. The molecule has 22 heavy (non-hydrogen) atoms. The second-order valence-electron chi connectivity index (χ2n) is 6.02. The van der Waals surface area contributed by atoms with E-state index in [1.54, 1.807) is 9.80 Å². The average Bonchev–Trinajstić information content (AvgIpc) is 2.55. The number of β-amino-alcohol motifs (C(OH)–C–C–N with tert-alkyl or cyclic N) is 1. The van der Waals surface area contributed by atoms with Gasteiger partial charge in [-0.05, 0) is 25.7 Å². The van der Waals surface area contributed by atoms with E-state index < -0.39 is 11.8 Å². The third-order valence-electron chi connectivity index (χ3n) is 4.61. The summed E-state index contributed by atoms with van der Waals surface area (Å²) in [6.45, 7) is 3.83. The molecule has 2 amide bonds. The molecule has 2 fully saturated rings. The van der Waals surface area contributed by atoms with Crippen molar-refractivity contribution in [3.05, 3.63) is 0 Å². The highest BCUT2D eigenvalue weighted by molar-refractivity contribution is 6.35. The number of piperazine rings is 1. The minimum absolute atomic E-state index is 0.00845. The van der Waals surface area contributed by atoms with Crippen molar-refractivity contribution in [3.8, 4) is 0 Å². The van der Waals surface area contributed by atoms with E-state index in [1.165, 1.54) is 0 Å². The molecule has 0 aliphatic carbocycles. The largest absolute Gasteiger partial charge is 0.396 e. The summed E-state index contributed by atoms with van der Waals surface area (Å²) in [5.74, 6) is -0.845. The van der Waals surface area contributed by atoms with Crippen LogP contribution in [0.3, 0.4) is 0 Å². The summed E-state index contributed by atoms with van der Waals surface area (Å²) in [6.07, 6.45) is 3.38. The van der Waals surface area contributed by atoms with Gasteiger partial charge in [-0.3, -0.25) is 14.5 Å². The van der Waals surface area contributed by atoms with Crippen molar-refractivity contribution >= 4 is 11.8 Å². The average molecular weight is 313 g/mol. The highest BCUT2D eigenvalue weighted by Gasteiger charge is 2.34. The summed E-state index contributed by atoms with van der Waals surface area (Å²) in [6, 6.07) is -0.00845. The van der Waals surface area contributed by atoms with Crippen molar-refractivity contribution in [1.29, 1.82) is 0 Å². The first-order valence-corrected chi connectivity index (χ1v) is 8.21. The molecule has 0 saturated carbocycles. The molecule has 0 spiro atoms. The van der Waals surface area contributed by atoms with E-state index in [4.69, 9.17) is 10.2 Å². The van der Waals surface area contributed by atoms with Crippen LogP contribution in [0.2, 0.25) is 0 Å². The molecule has 2 aliphatic rings. The number of aliphatic hydroxyl groups excluding tert-OH is 2. The topological polar surface area (TPSA) is 84.3 Å². The number of carbonyl (C=O) groups is 2. The molecule has 7 nitrogen and oxygen atoms in total. The van der Waals surface area contributed by atoms with Crippen LogP contribution in [-0.2, 0) is 9.59 Å². The fourth-order valence-electron chi connectivity index (χ4n) is 3.29. The first kappa shape index (κ1) is 17.2. The first-order chi connectivity index (χ1) is 10.7. The van der Waals surface area contributed by atoms with Crippen LogP contribution in [0.15, 0.2) is 0 Å². The van der Waals surface area contributed by atoms with Crippen molar-refractivity contribution in [2.24, 2.45) is 0 Å². The number of carbonyl (C=O) groups excluding carboxylic acids is 2. The summed E-state index contributed by atoms with van der Waals surface area (Å²) < 4.78 is 0. The molecule has 0 aromatic rings. The minimum Gasteiger partial charge on any atom is -0.396 e. The fourth-order valence-corrected chi connectivity index (χ4v) is 3.29. The Morgan fingerprint density at radius 2 is 1.64 bits per heavy atom. The molecule has 126 valence electrons. The molecule has 2 rings (SSSR count). The van der Waals surface area contributed by atoms with Crippen LogP contribution < -0.4 is 0 Å². The van der Waals surface area contributed by atoms with Crippen molar-refractivity contribution in [1.82, 2.24) is 14.7 Å². The zero-order valence-electron chi connectivity index (χ0n) is 13.1. The zero-order chi connectivity index (χ0) is 15.9. The van der Waals surface area contributed by atoms with Gasteiger partial charge < -0.3 is 20.0 Å². The molecule has 1 atom stereocenters. The van der Waals surface area contributed by atoms with Crippen molar-refractivity contribution in [2.45, 2.75) is 31.7 Å². The molecule has 2 aliphatic heterocycles. The van der Waals surface area contributed by atoms with Crippen LogP contribution in [-0.4, -0.2) is 95.3 Å². The Bertz CT molecular complexity index is 381. The van der Waals surface area contributed by atoms with Gasteiger partial charge in [0.2, 0.25) is 0 Å². The standard InChI is InChI=1S/C15H27N3O4/c19-11-4-13-3-1-2-5-18(13)15(22)14(21)17-8-6-16(7-9-17)10-12-20/h13,19-20H,1-12H2. The maximum atomic E-state index is 12.5. The van der Waals surface area contributed by atoms with Crippen LogP contribution in [0, 0.1) is 0 Å². The number of hydrogen-bond acceptors (Lipinski definition) is 5. The normalized spacial score (nSPS) is 23.6. The quantitative estimate of drug-likeness (QED) is 0.643. The molecular formula is C15H27N3O4. The highest BCUT2D eigenvalue weighted by Crippen LogP contribution is 2.20. The molecule has 0 radical (unpaired) electrons. The monoisotopic (exact) mass is 313 g/mol. The van der Waals surface area contributed by atoms with Crippen molar-refractivity contribution in [2.75, 3.05) is 52.5 Å². The first-order valence-electron chi connectivity index (χ1n) is 8.21. The second-order valence-corrected chi connectivity index (χ2v) is 6.02. The number of hydrogen-bond donors (Lipinski definition) is 2. The SMILES string of the molecule is O=C(C(=O)N1CCCCC1CCO)N1CCN(CCO)CC1. The summed E-state index contributed by atoms with van der Waals surface area (Å²) in [5.41, 5.74) is 0. The van der Waals surface area contributed by atoms with E-state index in [0.29, 0.717) is 45.7 Å². The van der Waals surface area contributed by atoms with Gasteiger partial charge in [0, 0.05) is 51.9 Å². The molecule has 0 bridgehead atoms. The van der Waals surface area contributed by atoms with E-state index in [1.807, 2.05) is 0 Å². The lowest BCUT2D eigenvalue weighted by molar-refractivity contribution is -0.155. The molecular weight excluding hydrogens is 286 g/mol. The number of nitrogens with zero attached hydrogens (tertiary/aromatic N) is 3. The molecule has 2 heterocycles. The van der Waals surface area contributed by atoms with Gasteiger partial charge in [-0.25, -0.2) is 0 Å². The molecule has 1 unspecified atom stereocenters. The highest BCUT2D eigenvalue weighted by atomic mass is 16.3. The molecule has 2 N–H and O–H groups in total. The van der Waals surface area contributed by atoms with Crippen LogP contribution >= 0.6 is 0 Å². The number of piperidine rings is 1. The lowest BCUT2D eigenvalue weighted by atomic mass is 9.99. The smallest absolute Gasteiger partial charge is 0.312 e. The van der Waals surface area contributed by atoms with Gasteiger partial charge in [-0.1, -0.05) is 0 Å². The predicted octanol–water partition coefficient (Wildman–Crippen LogP) is -1.11. The Kier molecular flexibility index (Phi) is 6.60. The van der Waals surface area contributed by atoms with Gasteiger partial charge in [0.25, 0.3) is 0 Å². The Morgan fingerprint density at radius 3 is 2.27 bits per heavy atom. The maximum Gasteiger partial charge on any atom is 0.312 e. The van der Waals surface area contributed by atoms with Gasteiger partial charge in [-0.2, -0.15) is 0 Å². The van der Waals surface area contributed by atoms with Crippen molar-refractivity contribution in [3.63, 3.8) is 0 Å². The number of likely N-dealkylation sites (tertiary alicyclic amines) is 1. The number of amides is 2. The van der Waals surface area contributed by atoms with E-state index >= 15 is 0 Å². The molecule has 7 heteroatoms. The number of rotatable bonds is 4.